The Morgan fingerprint density at radius 3 is 1.80 bits per heavy atom. The lowest BCUT2D eigenvalue weighted by atomic mass is 9.98. The maximum absolute atomic E-state index is 12.5. The summed E-state index contributed by atoms with van der Waals surface area (Å²) in [5.74, 6) is -1.12. The van der Waals surface area contributed by atoms with Crippen molar-refractivity contribution < 1.29 is 24.2 Å². The third-order valence-electron chi connectivity index (χ3n) is 8.68. The minimum absolute atomic E-state index is 0.0552. The fourth-order valence-electron chi connectivity index (χ4n) is 6.13. The van der Waals surface area contributed by atoms with E-state index >= 15 is 0 Å². The van der Waals surface area contributed by atoms with Crippen LogP contribution >= 0.6 is 0 Å². The summed E-state index contributed by atoms with van der Waals surface area (Å²) in [6, 6.07) is 15.1. The molecule has 2 aromatic rings. The predicted octanol–water partition coefficient (Wildman–Crippen LogP) is 8.75. The molecule has 1 aliphatic carbocycles. The van der Waals surface area contributed by atoms with Crippen LogP contribution < -0.4 is 10.6 Å². The highest BCUT2D eigenvalue weighted by Crippen LogP contribution is 2.44. The number of rotatable bonds is 23. The van der Waals surface area contributed by atoms with Gasteiger partial charge in [-0.1, -0.05) is 133 Å². The van der Waals surface area contributed by atoms with E-state index in [1.807, 2.05) is 36.4 Å². The second-order valence-corrected chi connectivity index (χ2v) is 12.2. The van der Waals surface area contributed by atoms with Gasteiger partial charge >= 0.3 is 12.1 Å². The number of carbonyl (C=O) groups excluding carboxylic acids is 2. The summed E-state index contributed by atoms with van der Waals surface area (Å²) in [7, 11) is 0. The molecule has 0 radical (unpaired) electrons. The third kappa shape index (κ3) is 12.3. The van der Waals surface area contributed by atoms with Crippen molar-refractivity contribution in [2.75, 3.05) is 13.2 Å². The normalized spacial score (nSPS) is 12.8. The Morgan fingerprint density at radius 2 is 1.25 bits per heavy atom. The molecule has 7 nitrogen and oxygen atoms in total. The number of carboxylic acid groups (broad SMARTS) is 1. The number of fused-ring (bicyclic) bond motifs is 3. The molecule has 1 atom stereocenters. The van der Waals surface area contributed by atoms with Crippen molar-refractivity contribution in [2.45, 2.75) is 128 Å². The van der Waals surface area contributed by atoms with Crippen molar-refractivity contribution >= 4 is 18.0 Å². The van der Waals surface area contributed by atoms with Gasteiger partial charge in [-0.2, -0.15) is 0 Å². The smallest absolute Gasteiger partial charge is 0.407 e. The first kappa shape index (κ1) is 35.1. The molecule has 44 heavy (non-hydrogen) atoms. The Hall–Kier alpha value is -3.35. The molecular formula is C37H54N2O5. The molecule has 0 bridgehead atoms. The lowest BCUT2D eigenvalue weighted by Gasteiger charge is -2.17. The van der Waals surface area contributed by atoms with Gasteiger partial charge in [0.1, 0.15) is 12.6 Å². The topological polar surface area (TPSA) is 105 Å². The van der Waals surface area contributed by atoms with Gasteiger partial charge in [0, 0.05) is 18.9 Å². The van der Waals surface area contributed by atoms with Gasteiger partial charge in [-0.25, -0.2) is 9.59 Å². The molecular weight excluding hydrogens is 552 g/mol. The van der Waals surface area contributed by atoms with Gasteiger partial charge in [-0.05, 0) is 47.9 Å². The Balaban J connectivity index is 1.21. The number of hydrogen-bond acceptors (Lipinski definition) is 4. The van der Waals surface area contributed by atoms with Crippen LogP contribution in [0.2, 0.25) is 0 Å². The highest BCUT2D eigenvalue weighted by Gasteiger charge is 2.29. The van der Waals surface area contributed by atoms with Crippen LogP contribution in [0.15, 0.2) is 48.5 Å². The molecule has 0 aliphatic heterocycles. The maximum Gasteiger partial charge on any atom is 0.407 e. The standard InChI is InChI=1S/C37H54N2O5/c1-2-3-4-5-6-7-8-9-10-11-12-13-14-26-35(40)38-27-20-19-25-34(36(41)42)39-37(43)44-28-33-31-23-17-15-21-29(31)30-22-16-18-24-32(30)33/h15-18,21-24,33-34H,2-14,19-20,25-28H2,1H3,(H,38,40)(H,39,43)(H,41,42)/t34-/m1/s1. The zero-order valence-electron chi connectivity index (χ0n) is 26.8. The number of ether oxygens (including phenoxy) is 1. The van der Waals surface area contributed by atoms with E-state index in [0.717, 1.165) is 35.1 Å². The van der Waals surface area contributed by atoms with Crippen LogP contribution in [0.1, 0.15) is 133 Å². The second kappa shape index (κ2) is 20.6. The minimum Gasteiger partial charge on any atom is -0.480 e. The number of benzene rings is 2. The van der Waals surface area contributed by atoms with E-state index in [1.54, 1.807) is 0 Å². The number of alkyl carbamates (subject to hydrolysis) is 1. The number of hydrogen-bond donors (Lipinski definition) is 3. The molecule has 1 aliphatic rings. The van der Waals surface area contributed by atoms with Crippen molar-refractivity contribution in [1.82, 2.24) is 10.6 Å². The Kier molecular flexibility index (Phi) is 16.4. The van der Waals surface area contributed by atoms with Crippen LogP contribution in [-0.2, 0) is 14.3 Å². The van der Waals surface area contributed by atoms with Crippen LogP contribution in [0.25, 0.3) is 11.1 Å². The summed E-state index contributed by atoms with van der Waals surface area (Å²) in [6.07, 6.45) is 17.9. The van der Waals surface area contributed by atoms with Crippen LogP contribution in [0, 0.1) is 0 Å². The Morgan fingerprint density at radius 1 is 0.727 bits per heavy atom. The van der Waals surface area contributed by atoms with E-state index in [1.165, 1.54) is 70.6 Å². The fourth-order valence-corrected chi connectivity index (χ4v) is 6.13. The first-order chi connectivity index (χ1) is 21.5. The van der Waals surface area contributed by atoms with E-state index in [2.05, 4.69) is 29.7 Å². The summed E-state index contributed by atoms with van der Waals surface area (Å²) in [5, 5.41) is 15.1. The number of aliphatic carboxylic acids is 1. The maximum atomic E-state index is 12.5. The Labute approximate surface area is 264 Å². The molecule has 0 fully saturated rings. The van der Waals surface area contributed by atoms with Crippen LogP contribution in [-0.4, -0.2) is 42.3 Å². The van der Waals surface area contributed by atoms with Crippen LogP contribution in [0.3, 0.4) is 0 Å². The van der Waals surface area contributed by atoms with Gasteiger partial charge in [0.25, 0.3) is 0 Å². The molecule has 0 unspecified atom stereocenters. The Bertz CT molecular complexity index is 1100. The first-order valence-corrected chi connectivity index (χ1v) is 17.1. The molecule has 0 aromatic heterocycles. The van der Waals surface area contributed by atoms with Gasteiger partial charge < -0.3 is 20.5 Å². The largest absolute Gasteiger partial charge is 0.480 e. The minimum atomic E-state index is -1.09. The number of nitrogens with one attached hydrogen (secondary N) is 2. The highest BCUT2D eigenvalue weighted by molar-refractivity contribution is 5.81. The van der Waals surface area contributed by atoms with E-state index in [9.17, 15) is 19.5 Å². The molecule has 0 saturated carbocycles. The molecule has 3 N–H and O–H groups in total. The zero-order valence-corrected chi connectivity index (χ0v) is 26.8. The van der Waals surface area contributed by atoms with Gasteiger partial charge in [-0.3, -0.25) is 4.79 Å². The highest BCUT2D eigenvalue weighted by atomic mass is 16.5. The molecule has 3 rings (SSSR count). The average Bonchev–Trinajstić information content (AvgIpc) is 3.35. The number of carbonyl (C=O) groups is 3. The second-order valence-electron chi connectivity index (χ2n) is 12.2. The summed E-state index contributed by atoms with van der Waals surface area (Å²) < 4.78 is 5.51. The van der Waals surface area contributed by atoms with Crippen molar-refractivity contribution in [3.05, 3.63) is 59.7 Å². The quantitative estimate of drug-likeness (QED) is 0.110. The summed E-state index contributed by atoms with van der Waals surface area (Å²) in [4.78, 5) is 36.4. The van der Waals surface area contributed by atoms with E-state index in [4.69, 9.17) is 4.74 Å². The molecule has 242 valence electrons. The number of carboxylic acids is 1. The fraction of sp³-hybridized carbons (Fsp3) is 0.595. The molecule has 2 aromatic carbocycles. The SMILES string of the molecule is CCCCCCCCCCCCCCCC(=O)NCCCC[C@@H](NC(=O)OCC1c2ccccc2-c2ccccc21)C(=O)O. The van der Waals surface area contributed by atoms with Crippen molar-refractivity contribution in [2.24, 2.45) is 0 Å². The number of amides is 2. The zero-order chi connectivity index (χ0) is 31.4. The van der Waals surface area contributed by atoms with Crippen molar-refractivity contribution in [3.8, 4) is 11.1 Å². The molecule has 2 amide bonds. The summed E-state index contributed by atoms with van der Waals surface area (Å²) >= 11 is 0. The molecule has 0 spiro atoms. The van der Waals surface area contributed by atoms with Crippen molar-refractivity contribution in [3.63, 3.8) is 0 Å². The lowest BCUT2D eigenvalue weighted by Crippen LogP contribution is -2.41. The summed E-state index contributed by atoms with van der Waals surface area (Å²) in [5.41, 5.74) is 4.48. The third-order valence-corrected chi connectivity index (χ3v) is 8.68. The predicted molar refractivity (Wildman–Crippen MR) is 177 cm³/mol. The lowest BCUT2D eigenvalue weighted by molar-refractivity contribution is -0.139. The van der Waals surface area contributed by atoms with Crippen LogP contribution in [0.5, 0.6) is 0 Å². The monoisotopic (exact) mass is 606 g/mol. The van der Waals surface area contributed by atoms with Crippen LogP contribution in [0.4, 0.5) is 4.79 Å². The van der Waals surface area contributed by atoms with Crippen molar-refractivity contribution in [1.29, 1.82) is 0 Å². The van der Waals surface area contributed by atoms with Gasteiger partial charge in [-0.15, -0.1) is 0 Å². The van der Waals surface area contributed by atoms with E-state index < -0.39 is 18.1 Å². The van der Waals surface area contributed by atoms with Gasteiger partial charge in [0.05, 0.1) is 0 Å². The van der Waals surface area contributed by atoms with Gasteiger partial charge in [0.15, 0.2) is 0 Å². The average molecular weight is 607 g/mol. The molecule has 0 saturated heterocycles. The first-order valence-electron chi connectivity index (χ1n) is 17.1. The van der Waals surface area contributed by atoms with E-state index in [-0.39, 0.29) is 24.9 Å². The van der Waals surface area contributed by atoms with Gasteiger partial charge in [0.2, 0.25) is 5.91 Å². The summed E-state index contributed by atoms with van der Waals surface area (Å²) in [6.45, 7) is 2.90. The van der Waals surface area contributed by atoms with E-state index in [0.29, 0.717) is 25.8 Å². The number of unbranched alkanes of at least 4 members (excludes halogenated alkanes) is 13. The molecule has 0 heterocycles. The molecule has 7 heteroatoms.